The number of benzene rings is 2. The summed E-state index contributed by atoms with van der Waals surface area (Å²) in [6.07, 6.45) is 0. The molecule has 2 rings (SSSR count). The molecule has 0 saturated heterocycles. The van der Waals surface area contributed by atoms with E-state index in [0.29, 0.717) is 0 Å². The molecule has 148 valence electrons. The molecular formula is C17H12F8O2. The highest BCUT2D eigenvalue weighted by Crippen LogP contribution is 2.33. The van der Waals surface area contributed by atoms with E-state index in [4.69, 9.17) is 0 Å². The van der Waals surface area contributed by atoms with Crippen molar-refractivity contribution in [1.29, 1.82) is 0 Å². The van der Waals surface area contributed by atoms with Crippen LogP contribution in [0.2, 0.25) is 0 Å². The molecule has 0 aliphatic heterocycles. The van der Waals surface area contributed by atoms with Gasteiger partial charge in [-0.25, -0.2) is 30.7 Å². The van der Waals surface area contributed by atoms with E-state index in [1.54, 1.807) is 0 Å². The van der Waals surface area contributed by atoms with Gasteiger partial charge < -0.3 is 4.74 Å². The standard InChI is InChI=1S/C15H6F8O2.C2H6/c1-3-4(7(17)13(23)15(25-2)6(3)16)14(24)5-8(18)10(20)12(22)11(21)9(5)19;1-2/h1-2H3;1-2H3. The largest absolute Gasteiger partial charge is 0.491 e. The van der Waals surface area contributed by atoms with Crippen LogP contribution < -0.4 is 4.74 Å². The lowest BCUT2D eigenvalue weighted by molar-refractivity contribution is 0.102. The van der Waals surface area contributed by atoms with E-state index in [-0.39, 0.29) is 0 Å². The van der Waals surface area contributed by atoms with Gasteiger partial charge in [-0.3, -0.25) is 4.79 Å². The molecule has 0 spiro atoms. The number of halogens is 8. The minimum absolute atomic E-state index is 0.736. The van der Waals surface area contributed by atoms with Gasteiger partial charge in [0, 0.05) is 5.56 Å². The van der Waals surface area contributed by atoms with Crippen LogP contribution in [0.1, 0.15) is 35.3 Å². The van der Waals surface area contributed by atoms with Gasteiger partial charge in [0.1, 0.15) is 5.56 Å². The monoisotopic (exact) mass is 400 g/mol. The molecule has 0 fully saturated rings. The summed E-state index contributed by atoms with van der Waals surface area (Å²) in [7, 11) is 0.784. The summed E-state index contributed by atoms with van der Waals surface area (Å²) in [5, 5.41) is 0. The van der Waals surface area contributed by atoms with Gasteiger partial charge in [-0.1, -0.05) is 13.8 Å². The predicted molar refractivity (Wildman–Crippen MR) is 78.6 cm³/mol. The Kier molecular flexibility index (Phi) is 6.93. The van der Waals surface area contributed by atoms with Crippen molar-refractivity contribution in [2.24, 2.45) is 0 Å². The quantitative estimate of drug-likeness (QED) is 0.300. The third-order valence-electron chi connectivity index (χ3n) is 3.38. The number of ketones is 1. The Labute approximate surface area is 148 Å². The zero-order valence-corrected chi connectivity index (χ0v) is 14.3. The SMILES string of the molecule is CC.COc1c(F)c(C)c(C(=O)c2c(F)c(F)c(F)c(F)c2F)c(F)c1F. The zero-order valence-electron chi connectivity index (χ0n) is 14.3. The summed E-state index contributed by atoms with van der Waals surface area (Å²) in [6, 6.07) is 0. The first-order valence-corrected chi connectivity index (χ1v) is 7.33. The third-order valence-corrected chi connectivity index (χ3v) is 3.38. The fraction of sp³-hybridized carbons (Fsp3) is 0.235. The number of carbonyl (C=O) groups is 1. The highest BCUT2D eigenvalue weighted by molar-refractivity contribution is 6.10. The molecule has 0 atom stereocenters. The van der Waals surface area contributed by atoms with Gasteiger partial charge in [0.15, 0.2) is 40.7 Å². The van der Waals surface area contributed by atoms with E-state index in [2.05, 4.69) is 4.74 Å². The lowest BCUT2D eigenvalue weighted by Gasteiger charge is -2.13. The maximum absolute atomic E-state index is 14.0. The summed E-state index contributed by atoms with van der Waals surface area (Å²) in [5.74, 6) is -21.6. The number of hydrogen-bond donors (Lipinski definition) is 0. The molecule has 0 N–H and O–H groups in total. The Hall–Kier alpha value is -2.65. The normalized spacial score (nSPS) is 10.4. The Balaban J connectivity index is 0.00000176. The van der Waals surface area contributed by atoms with Crippen LogP contribution in [-0.2, 0) is 0 Å². The van der Waals surface area contributed by atoms with Crippen molar-refractivity contribution >= 4 is 5.78 Å². The lowest BCUT2D eigenvalue weighted by atomic mass is 9.96. The molecule has 2 nitrogen and oxygen atoms in total. The number of ether oxygens (including phenoxy) is 1. The van der Waals surface area contributed by atoms with Crippen LogP contribution in [0.3, 0.4) is 0 Å². The van der Waals surface area contributed by atoms with E-state index in [0.717, 1.165) is 14.0 Å². The molecule has 0 saturated carbocycles. The first kappa shape index (κ1) is 22.4. The first-order valence-electron chi connectivity index (χ1n) is 7.33. The molecule has 2 aromatic rings. The van der Waals surface area contributed by atoms with Crippen LogP contribution in [0.4, 0.5) is 35.1 Å². The van der Waals surface area contributed by atoms with Crippen LogP contribution in [-0.4, -0.2) is 12.9 Å². The number of rotatable bonds is 3. The zero-order chi connectivity index (χ0) is 21.2. The molecule has 0 radical (unpaired) electrons. The minimum atomic E-state index is -2.55. The van der Waals surface area contributed by atoms with Crippen molar-refractivity contribution in [3.05, 3.63) is 63.2 Å². The van der Waals surface area contributed by atoms with Crippen LogP contribution in [0.5, 0.6) is 5.75 Å². The topological polar surface area (TPSA) is 26.3 Å². The molecule has 0 aliphatic rings. The van der Waals surface area contributed by atoms with E-state index >= 15 is 0 Å². The first-order chi connectivity index (χ1) is 12.6. The van der Waals surface area contributed by atoms with E-state index in [1.807, 2.05) is 13.8 Å². The van der Waals surface area contributed by atoms with E-state index in [9.17, 15) is 39.9 Å². The molecular weight excluding hydrogens is 388 g/mol. The maximum atomic E-state index is 14.0. The summed E-state index contributed by atoms with van der Waals surface area (Å²) in [4.78, 5) is 12.1. The molecule has 0 bridgehead atoms. The van der Waals surface area contributed by atoms with Crippen LogP contribution >= 0.6 is 0 Å². The number of methoxy groups -OCH3 is 1. The second-order valence-corrected chi connectivity index (χ2v) is 4.75. The Morgan fingerprint density at radius 2 is 1.00 bits per heavy atom. The van der Waals surface area contributed by atoms with Gasteiger partial charge in [-0.15, -0.1) is 0 Å². The highest BCUT2D eigenvalue weighted by atomic mass is 19.2. The van der Waals surface area contributed by atoms with Gasteiger partial charge in [-0.2, -0.15) is 4.39 Å². The fourth-order valence-electron chi connectivity index (χ4n) is 2.13. The average molecular weight is 400 g/mol. The summed E-state index contributed by atoms with van der Waals surface area (Å²) < 4.78 is 113. The van der Waals surface area contributed by atoms with Crippen molar-refractivity contribution < 1.29 is 44.7 Å². The Morgan fingerprint density at radius 3 is 1.41 bits per heavy atom. The van der Waals surface area contributed by atoms with Gasteiger partial charge in [-0.05, 0) is 6.92 Å². The minimum Gasteiger partial charge on any atom is -0.491 e. The van der Waals surface area contributed by atoms with Crippen LogP contribution in [0, 0.1) is 53.5 Å². The van der Waals surface area contributed by atoms with Gasteiger partial charge >= 0.3 is 0 Å². The van der Waals surface area contributed by atoms with Crippen LogP contribution in [0.15, 0.2) is 0 Å². The second kappa shape index (κ2) is 8.36. The van der Waals surface area contributed by atoms with Crippen molar-refractivity contribution in [1.82, 2.24) is 0 Å². The molecule has 0 amide bonds. The molecule has 0 aromatic heterocycles. The van der Waals surface area contributed by atoms with Gasteiger partial charge in [0.2, 0.25) is 17.4 Å². The Morgan fingerprint density at radius 1 is 0.630 bits per heavy atom. The number of hydrogen-bond acceptors (Lipinski definition) is 2. The number of carbonyl (C=O) groups excluding carboxylic acids is 1. The molecule has 0 heterocycles. The fourth-order valence-corrected chi connectivity index (χ4v) is 2.13. The third kappa shape index (κ3) is 3.47. The molecule has 27 heavy (non-hydrogen) atoms. The lowest BCUT2D eigenvalue weighted by Crippen LogP contribution is -2.18. The molecule has 0 aliphatic carbocycles. The predicted octanol–water partition coefficient (Wildman–Crippen LogP) is 5.37. The molecule has 0 unspecified atom stereocenters. The smallest absolute Gasteiger partial charge is 0.204 e. The van der Waals surface area contributed by atoms with Crippen molar-refractivity contribution in [2.75, 3.05) is 7.11 Å². The summed E-state index contributed by atoms with van der Waals surface area (Å²) in [5.41, 5.74) is -4.51. The second-order valence-electron chi connectivity index (χ2n) is 4.75. The average Bonchev–Trinajstić information content (AvgIpc) is 2.65. The van der Waals surface area contributed by atoms with E-state index in [1.165, 1.54) is 0 Å². The maximum Gasteiger partial charge on any atom is 0.204 e. The summed E-state index contributed by atoms with van der Waals surface area (Å²) >= 11 is 0. The Bertz CT molecular complexity index is 851. The van der Waals surface area contributed by atoms with Crippen molar-refractivity contribution in [2.45, 2.75) is 20.8 Å². The van der Waals surface area contributed by atoms with Gasteiger partial charge in [0.25, 0.3) is 0 Å². The van der Waals surface area contributed by atoms with Crippen molar-refractivity contribution in [3.8, 4) is 5.75 Å². The summed E-state index contributed by atoms with van der Waals surface area (Å²) in [6.45, 7) is 4.74. The van der Waals surface area contributed by atoms with Crippen LogP contribution in [0.25, 0.3) is 0 Å². The highest BCUT2D eigenvalue weighted by Gasteiger charge is 2.35. The van der Waals surface area contributed by atoms with Crippen molar-refractivity contribution in [3.63, 3.8) is 0 Å². The molecule has 10 heteroatoms. The van der Waals surface area contributed by atoms with Gasteiger partial charge in [0.05, 0.1) is 12.7 Å². The molecule has 2 aromatic carbocycles. The van der Waals surface area contributed by atoms with E-state index < -0.39 is 74.8 Å².